The molecular formula is C24H21F4N3S. The van der Waals surface area contributed by atoms with Gasteiger partial charge >= 0.3 is 6.18 Å². The molecule has 0 aliphatic heterocycles. The maximum absolute atomic E-state index is 13.7. The minimum atomic E-state index is -4.38. The van der Waals surface area contributed by atoms with Gasteiger partial charge < -0.3 is 0 Å². The van der Waals surface area contributed by atoms with E-state index >= 15 is 0 Å². The van der Waals surface area contributed by atoms with Crippen LogP contribution >= 0.6 is 11.3 Å². The van der Waals surface area contributed by atoms with Gasteiger partial charge in [-0.1, -0.05) is 49.4 Å². The number of hydrogen-bond donors (Lipinski definition) is 0. The zero-order valence-corrected chi connectivity index (χ0v) is 18.6. The fraction of sp³-hybridized carbons (Fsp3) is 0.250. The Kier molecular flexibility index (Phi) is 5.90. The van der Waals surface area contributed by atoms with E-state index in [-0.39, 0.29) is 5.82 Å². The number of halogens is 4. The summed E-state index contributed by atoms with van der Waals surface area (Å²) in [6.45, 7) is 6.00. The Morgan fingerprint density at radius 2 is 1.75 bits per heavy atom. The van der Waals surface area contributed by atoms with Gasteiger partial charge in [-0.2, -0.15) is 18.3 Å². The highest BCUT2D eigenvalue weighted by Gasteiger charge is 2.30. The van der Waals surface area contributed by atoms with Gasteiger partial charge in [-0.15, -0.1) is 0 Å². The number of alkyl halides is 3. The maximum Gasteiger partial charge on any atom is 0.416 e. The Labute approximate surface area is 187 Å². The van der Waals surface area contributed by atoms with Gasteiger partial charge in [-0.05, 0) is 49.1 Å². The van der Waals surface area contributed by atoms with Crippen molar-refractivity contribution in [3.63, 3.8) is 0 Å². The van der Waals surface area contributed by atoms with Crippen molar-refractivity contribution >= 4 is 11.3 Å². The second-order valence-corrected chi connectivity index (χ2v) is 9.09. The molecule has 4 rings (SSSR count). The highest BCUT2D eigenvalue weighted by molar-refractivity contribution is 7.14. The average molecular weight is 460 g/mol. The summed E-state index contributed by atoms with van der Waals surface area (Å²) in [4.78, 5) is 5.71. The van der Waals surface area contributed by atoms with Crippen molar-refractivity contribution in [3.8, 4) is 27.5 Å². The molecule has 166 valence electrons. The van der Waals surface area contributed by atoms with Gasteiger partial charge in [0.1, 0.15) is 5.82 Å². The molecule has 4 aromatic rings. The molecule has 0 N–H and O–H groups in total. The molecule has 0 amide bonds. The third kappa shape index (κ3) is 4.60. The number of benzene rings is 2. The lowest BCUT2D eigenvalue weighted by molar-refractivity contribution is -0.137. The quantitative estimate of drug-likeness (QED) is 0.293. The molecule has 0 fully saturated rings. The Hall–Kier alpha value is -3.00. The Balaban J connectivity index is 1.75. The summed E-state index contributed by atoms with van der Waals surface area (Å²) in [6.07, 6.45) is -1.84. The highest BCUT2D eigenvalue weighted by atomic mass is 32.1. The van der Waals surface area contributed by atoms with Crippen molar-refractivity contribution in [2.24, 2.45) is 5.92 Å². The molecule has 0 unspecified atom stereocenters. The predicted octanol–water partition coefficient (Wildman–Crippen LogP) is 7.33. The lowest BCUT2D eigenvalue weighted by Gasteiger charge is -2.08. The van der Waals surface area contributed by atoms with Crippen LogP contribution < -0.4 is 0 Å². The Morgan fingerprint density at radius 3 is 2.38 bits per heavy atom. The third-order valence-corrected chi connectivity index (χ3v) is 6.06. The van der Waals surface area contributed by atoms with E-state index < -0.39 is 11.7 Å². The molecule has 0 aliphatic carbocycles. The smallest absolute Gasteiger partial charge is 0.218 e. The van der Waals surface area contributed by atoms with Gasteiger partial charge in [-0.3, -0.25) is 0 Å². The number of aromatic nitrogens is 3. The topological polar surface area (TPSA) is 30.7 Å². The third-order valence-electron chi connectivity index (χ3n) is 5.00. The highest BCUT2D eigenvalue weighted by Crippen LogP contribution is 2.35. The fourth-order valence-corrected chi connectivity index (χ4v) is 4.71. The van der Waals surface area contributed by atoms with Crippen LogP contribution in [0.5, 0.6) is 0 Å². The van der Waals surface area contributed by atoms with Crippen LogP contribution in [0.1, 0.15) is 30.0 Å². The first kappa shape index (κ1) is 22.2. The summed E-state index contributed by atoms with van der Waals surface area (Å²) in [5.41, 5.74) is 2.84. The predicted molar refractivity (Wildman–Crippen MR) is 118 cm³/mol. The summed E-state index contributed by atoms with van der Waals surface area (Å²) < 4.78 is 54.2. The van der Waals surface area contributed by atoms with Gasteiger partial charge in [-0.25, -0.2) is 14.1 Å². The first-order chi connectivity index (χ1) is 15.1. The summed E-state index contributed by atoms with van der Waals surface area (Å²) in [5.74, 6) is 0.0198. The molecule has 0 radical (unpaired) electrons. The number of rotatable bonds is 5. The van der Waals surface area contributed by atoms with Gasteiger partial charge in [0.15, 0.2) is 0 Å². The average Bonchev–Trinajstić information content (AvgIpc) is 3.30. The van der Waals surface area contributed by atoms with E-state index in [2.05, 4.69) is 18.9 Å². The minimum Gasteiger partial charge on any atom is -0.218 e. The largest absolute Gasteiger partial charge is 0.416 e. The minimum absolute atomic E-state index is 0.326. The van der Waals surface area contributed by atoms with E-state index in [0.717, 1.165) is 40.3 Å². The summed E-state index contributed by atoms with van der Waals surface area (Å²) >= 11 is 1.46. The molecule has 2 aromatic carbocycles. The van der Waals surface area contributed by atoms with Crippen LogP contribution in [0.15, 0.2) is 54.7 Å². The molecule has 2 heterocycles. The lowest BCUT2D eigenvalue weighted by Crippen LogP contribution is -2.04. The second kappa shape index (κ2) is 8.50. The zero-order chi connectivity index (χ0) is 23.0. The molecule has 0 saturated heterocycles. The molecule has 2 aromatic heterocycles. The number of hydrogen-bond acceptors (Lipinski definition) is 3. The van der Waals surface area contributed by atoms with E-state index in [1.165, 1.54) is 35.6 Å². The maximum atomic E-state index is 13.7. The monoisotopic (exact) mass is 459 g/mol. The van der Waals surface area contributed by atoms with Crippen molar-refractivity contribution in [3.05, 3.63) is 76.7 Å². The second-order valence-electron chi connectivity index (χ2n) is 8.02. The van der Waals surface area contributed by atoms with Crippen molar-refractivity contribution < 1.29 is 17.6 Å². The molecule has 32 heavy (non-hydrogen) atoms. The van der Waals surface area contributed by atoms with Crippen LogP contribution in [0.25, 0.3) is 27.5 Å². The van der Waals surface area contributed by atoms with Crippen molar-refractivity contribution in [2.45, 2.75) is 33.4 Å². The number of thiazole rings is 1. The molecular weight excluding hydrogens is 438 g/mol. The molecule has 0 atom stereocenters. The fourth-order valence-electron chi connectivity index (χ4n) is 3.49. The molecule has 0 aliphatic rings. The van der Waals surface area contributed by atoms with Crippen LogP contribution in [0.2, 0.25) is 0 Å². The zero-order valence-electron chi connectivity index (χ0n) is 17.7. The normalized spacial score (nSPS) is 12.0. The van der Waals surface area contributed by atoms with E-state index in [4.69, 9.17) is 4.98 Å². The van der Waals surface area contributed by atoms with Gasteiger partial charge in [0.05, 0.1) is 17.0 Å². The molecule has 0 spiro atoms. The Bertz CT molecular complexity index is 1240. The summed E-state index contributed by atoms with van der Waals surface area (Å²) in [7, 11) is 0. The summed E-state index contributed by atoms with van der Waals surface area (Å²) in [5, 5.41) is 5.17. The van der Waals surface area contributed by atoms with Crippen LogP contribution in [0.3, 0.4) is 0 Å². The molecule has 0 bridgehead atoms. The van der Waals surface area contributed by atoms with Gasteiger partial charge in [0.25, 0.3) is 0 Å². The molecule has 0 saturated carbocycles. The summed E-state index contributed by atoms with van der Waals surface area (Å²) in [6, 6.07) is 11.4. The first-order valence-electron chi connectivity index (χ1n) is 10.1. The van der Waals surface area contributed by atoms with Gasteiger partial charge in [0, 0.05) is 22.2 Å². The van der Waals surface area contributed by atoms with Crippen molar-refractivity contribution in [1.82, 2.24) is 14.8 Å². The van der Waals surface area contributed by atoms with Crippen molar-refractivity contribution in [2.75, 3.05) is 0 Å². The van der Waals surface area contributed by atoms with E-state index in [1.54, 1.807) is 16.9 Å². The SMILES string of the molecule is Cc1nn(-c2nc(-c3ccc(C(F)(F)F)cc3)c(CC(C)C)s2)cc1-c1cccc(F)c1. The number of nitrogens with zero attached hydrogens (tertiary/aromatic N) is 3. The van der Waals surface area contributed by atoms with Crippen LogP contribution in [0.4, 0.5) is 17.6 Å². The van der Waals surface area contributed by atoms with E-state index in [9.17, 15) is 17.6 Å². The molecule has 8 heteroatoms. The van der Waals surface area contributed by atoms with E-state index in [1.807, 2.05) is 13.0 Å². The van der Waals surface area contributed by atoms with Gasteiger partial charge in [0.2, 0.25) is 5.13 Å². The lowest BCUT2D eigenvalue weighted by atomic mass is 10.0. The first-order valence-corrected chi connectivity index (χ1v) is 10.9. The van der Waals surface area contributed by atoms with E-state index in [0.29, 0.717) is 22.3 Å². The molecule has 3 nitrogen and oxygen atoms in total. The Morgan fingerprint density at radius 1 is 1.03 bits per heavy atom. The number of aryl methyl sites for hydroxylation is 1. The van der Waals surface area contributed by atoms with Crippen molar-refractivity contribution in [1.29, 1.82) is 0 Å². The van der Waals surface area contributed by atoms with Crippen LogP contribution in [0, 0.1) is 18.7 Å². The standard InChI is InChI=1S/C24H21F4N3S/c1-14(2)11-21-22(16-7-9-18(10-8-16)24(26,27)28)29-23(32-21)31-13-20(15(3)30-31)17-5-4-6-19(25)12-17/h4-10,12-14H,11H2,1-3H3. The van der Waals surface area contributed by atoms with Crippen LogP contribution in [-0.4, -0.2) is 14.8 Å². The van der Waals surface area contributed by atoms with Crippen LogP contribution in [-0.2, 0) is 12.6 Å².